The van der Waals surface area contributed by atoms with E-state index in [0.29, 0.717) is 11.4 Å². The molecule has 174 valence electrons. The predicted molar refractivity (Wildman–Crippen MR) is 115 cm³/mol. The lowest BCUT2D eigenvalue weighted by molar-refractivity contribution is -0.137. The second-order valence-corrected chi connectivity index (χ2v) is 7.24. The molecule has 1 atom stereocenters. The van der Waals surface area contributed by atoms with Crippen molar-refractivity contribution in [1.29, 1.82) is 5.26 Å². The number of alkyl halides is 3. The van der Waals surface area contributed by atoms with Gasteiger partial charge < -0.3 is 25.2 Å². The van der Waals surface area contributed by atoms with Crippen LogP contribution in [0.15, 0.2) is 42.5 Å². The smallest absolute Gasteiger partial charge is 0.417 e. The van der Waals surface area contributed by atoms with Crippen LogP contribution in [0.1, 0.15) is 11.1 Å². The first-order valence-corrected chi connectivity index (χ1v) is 9.98. The molecule has 0 aliphatic carbocycles. The molecule has 33 heavy (non-hydrogen) atoms. The number of carbonyl (C=O) groups is 2. The first kappa shape index (κ1) is 23.7. The maximum Gasteiger partial charge on any atom is 0.417 e. The molecule has 0 radical (unpaired) electrons. The van der Waals surface area contributed by atoms with Crippen LogP contribution in [0, 0.1) is 11.3 Å². The average Bonchev–Trinajstić information content (AvgIpc) is 2.82. The molecule has 1 saturated heterocycles. The summed E-state index contributed by atoms with van der Waals surface area (Å²) < 4.78 is 45.3. The van der Waals surface area contributed by atoms with Gasteiger partial charge in [-0.05, 0) is 30.3 Å². The number of ether oxygens (including phenoxy) is 1. The third-order valence-electron chi connectivity index (χ3n) is 5.33. The number of hydrogen-bond donors (Lipinski definition) is 2. The quantitative estimate of drug-likeness (QED) is 0.730. The number of benzene rings is 2. The van der Waals surface area contributed by atoms with E-state index < -0.39 is 35.3 Å². The van der Waals surface area contributed by atoms with Crippen LogP contribution in [0.4, 0.5) is 29.3 Å². The third kappa shape index (κ3) is 5.11. The Labute approximate surface area is 188 Å². The first-order valence-electron chi connectivity index (χ1n) is 9.98. The second-order valence-electron chi connectivity index (χ2n) is 7.24. The molecule has 0 saturated carbocycles. The largest absolute Gasteiger partial charge is 0.495 e. The van der Waals surface area contributed by atoms with Gasteiger partial charge in [-0.25, -0.2) is 4.79 Å². The molecule has 1 heterocycles. The van der Waals surface area contributed by atoms with E-state index in [4.69, 9.17) is 10.00 Å². The number of rotatable bonds is 4. The van der Waals surface area contributed by atoms with Crippen molar-refractivity contribution in [1.82, 2.24) is 10.2 Å². The Bertz CT molecular complexity index is 1080. The summed E-state index contributed by atoms with van der Waals surface area (Å²) in [5, 5.41) is 14.2. The van der Waals surface area contributed by atoms with Crippen molar-refractivity contribution in [2.75, 3.05) is 44.0 Å². The first-order chi connectivity index (χ1) is 15.7. The Hall–Kier alpha value is -3.94. The number of hydrogen-bond acceptors (Lipinski definition) is 5. The van der Waals surface area contributed by atoms with Crippen molar-refractivity contribution in [3.05, 3.63) is 53.6 Å². The Kier molecular flexibility index (Phi) is 6.96. The number of nitrogens with one attached hydrogen (secondary N) is 2. The Morgan fingerprint density at radius 3 is 2.55 bits per heavy atom. The third-order valence-corrected chi connectivity index (χ3v) is 5.33. The van der Waals surface area contributed by atoms with Gasteiger partial charge in [-0.2, -0.15) is 18.4 Å². The van der Waals surface area contributed by atoms with Crippen LogP contribution >= 0.6 is 0 Å². The number of carbonyl (C=O) groups excluding carboxylic acids is 2. The van der Waals surface area contributed by atoms with Gasteiger partial charge in [0.2, 0.25) is 5.91 Å². The SMILES string of the molecule is CNC(=O)C1CN(c2ccc(C#N)c(C(F)(F)F)c2)CCN1C(=O)Nc1ccccc1OC. The van der Waals surface area contributed by atoms with Gasteiger partial charge in [0.25, 0.3) is 0 Å². The highest BCUT2D eigenvalue weighted by Gasteiger charge is 2.37. The zero-order valence-electron chi connectivity index (χ0n) is 17.9. The standard InChI is InChI=1S/C22H22F3N5O3/c1-27-20(31)18-13-29(15-8-7-14(12-26)16(11-15)22(23,24)25)9-10-30(18)21(32)28-17-5-3-4-6-19(17)33-2/h3-8,11,18H,9-10,13H2,1-2H3,(H,27,31)(H,28,32). The maximum absolute atomic E-state index is 13.4. The minimum absolute atomic E-state index is 0.0256. The molecule has 2 aromatic carbocycles. The minimum Gasteiger partial charge on any atom is -0.495 e. The van der Waals surface area contributed by atoms with E-state index in [1.165, 1.54) is 25.1 Å². The molecule has 3 amide bonds. The van der Waals surface area contributed by atoms with Crippen molar-refractivity contribution in [3.63, 3.8) is 0 Å². The number of methoxy groups -OCH3 is 1. The van der Waals surface area contributed by atoms with E-state index in [0.717, 1.165) is 12.1 Å². The summed E-state index contributed by atoms with van der Waals surface area (Å²) in [6.45, 7) is 0.249. The lowest BCUT2D eigenvalue weighted by Crippen LogP contribution is -2.61. The van der Waals surface area contributed by atoms with Crippen LogP contribution in [0.2, 0.25) is 0 Å². The molecular formula is C22H22F3N5O3. The van der Waals surface area contributed by atoms with Crippen molar-refractivity contribution in [2.45, 2.75) is 12.2 Å². The summed E-state index contributed by atoms with van der Waals surface area (Å²) >= 11 is 0. The van der Waals surface area contributed by atoms with Crippen LogP contribution in [0.3, 0.4) is 0 Å². The van der Waals surface area contributed by atoms with E-state index in [1.807, 2.05) is 0 Å². The van der Waals surface area contributed by atoms with E-state index in [-0.39, 0.29) is 25.3 Å². The number of nitriles is 1. The van der Waals surface area contributed by atoms with Gasteiger partial charge in [0, 0.05) is 32.4 Å². The predicted octanol–water partition coefficient (Wildman–Crippen LogP) is 3.05. The van der Waals surface area contributed by atoms with Crippen LogP contribution in [-0.2, 0) is 11.0 Å². The molecule has 1 aliphatic rings. The Morgan fingerprint density at radius 1 is 1.18 bits per heavy atom. The van der Waals surface area contributed by atoms with E-state index in [2.05, 4.69) is 10.6 Å². The van der Waals surface area contributed by atoms with Crippen LogP contribution in [0.25, 0.3) is 0 Å². The summed E-state index contributed by atoms with van der Waals surface area (Å²) in [6.07, 6.45) is -4.70. The normalized spacial score (nSPS) is 16.1. The summed E-state index contributed by atoms with van der Waals surface area (Å²) in [5.41, 5.74) is -0.899. The number of amides is 3. The number of para-hydroxylation sites is 2. The molecule has 1 aliphatic heterocycles. The van der Waals surface area contributed by atoms with E-state index in [9.17, 15) is 22.8 Å². The van der Waals surface area contributed by atoms with E-state index in [1.54, 1.807) is 35.2 Å². The molecule has 2 N–H and O–H groups in total. The molecule has 0 bridgehead atoms. The van der Waals surface area contributed by atoms with Gasteiger partial charge in [-0.1, -0.05) is 12.1 Å². The van der Waals surface area contributed by atoms with Crippen molar-refractivity contribution >= 4 is 23.3 Å². The molecule has 0 spiro atoms. The highest BCUT2D eigenvalue weighted by atomic mass is 19.4. The highest BCUT2D eigenvalue weighted by molar-refractivity contribution is 5.95. The van der Waals surface area contributed by atoms with Gasteiger partial charge in [-0.3, -0.25) is 4.79 Å². The number of piperazine rings is 1. The van der Waals surface area contributed by atoms with Crippen LogP contribution in [0.5, 0.6) is 5.75 Å². The summed E-state index contributed by atoms with van der Waals surface area (Å²) in [7, 11) is 2.88. The Balaban J connectivity index is 1.85. The fourth-order valence-electron chi connectivity index (χ4n) is 3.65. The number of nitrogens with zero attached hydrogens (tertiary/aromatic N) is 3. The Morgan fingerprint density at radius 2 is 1.91 bits per heavy atom. The molecule has 1 fully saturated rings. The molecule has 1 unspecified atom stereocenters. The molecule has 8 nitrogen and oxygen atoms in total. The lowest BCUT2D eigenvalue weighted by Gasteiger charge is -2.41. The van der Waals surface area contributed by atoms with Crippen molar-refractivity contribution < 1.29 is 27.5 Å². The molecule has 2 aromatic rings. The van der Waals surface area contributed by atoms with E-state index >= 15 is 0 Å². The topological polar surface area (TPSA) is 97.7 Å². The number of halogens is 3. The number of anilines is 2. The van der Waals surface area contributed by atoms with Crippen molar-refractivity contribution in [2.24, 2.45) is 0 Å². The monoisotopic (exact) mass is 461 g/mol. The average molecular weight is 461 g/mol. The van der Waals surface area contributed by atoms with Crippen LogP contribution < -0.4 is 20.3 Å². The highest BCUT2D eigenvalue weighted by Crippen LogP contribution is 2.35. The summed E-state index contributed by atoms with van der Waals surface area (Å²) in [5.74, 6) is -0.0159. The van der Waals surface area contributed by atoms with Gasteiger partial charge in [0.15, 0.2) is 0 Å². The molecular weight excluding hydrogens is 439 g/mol. The molecule has 3 rings (SSSR count). The fourth-order valence-corrected chi connectivity index (χ4v) is 3.65. The number of urea groups is 1. The van der Waals surface area contributed by atoms with Gasteiger partial charge in [0.1, 0.15) is 11.8 Å². The zero-order chi connectivity index (χ0) is 24.2. The van der Waals surface area contributed by atoms with Gasteiger partial charge in [-0.15, -0.1) is 0 Å². The molecule has 0 aromatic heterocycles. The number of likely N-dealkylation sites (N-methyl/N-ethyl adjacent to an activating group) is 1. The molecule has 11 heteroatoms. The fraction of sp³-hybridized carbons (Fsp3) is 0.318. The zero-order valence-corrected chi connectivity index (χ0v) is 17.9. The second kappa shape index (κ2) is 9.68. The summed E-state index contributed by atoms with van der Waals surface area (Å²) in [4.78, 5) is 28.4. The maximum atomic E-state index is 13.4. The van der Waals surface area contributed by atoms with Crippen LogP contribution in [-0.4, -0.2) is 56.7 Å². The van der Waals surface area contributed by atoms with Crippen molar-refractivity contribution in [3.8, 4) is 11.8 Å². The lowest BCUT2D eigenvalue weighted by atomic mass is 10.0. The van der Waals surface area contributed by atoms with Gasteiger partial charge >= 0.3 is 12.2 Å². The summed E-state index contributed by atoms with van der Waals surface area (Å²) in [6, 6.07) is 10.2. The minimum atomic E-state index is -4.70. The van der Waals surface area contributed by atoms with Gasteiger partial charge in [0.05, 0.1) is 30.0 Å².